The molecule has 5 heteroatoms. The first-order valence-corrected chi connectivity index (χ1v) is 6.90. The van der Waals surface area contributed by atoms with Crippen molar-refractivity contribution in [1.29, 1.82) is 0 Å². The molecular formula is C9H22N2O2S. The van der Waals surface area contributed by atoms with Gasteiger partial charge in [-0.2, -0.15) is 4.31 Å². The smallest absolute Gasteiger partial charge is 0.211 e. The van der Waals surface area contributed by atoms with Gasteiger partial charge in [0.1, 0.15) is 0 Å². The Morgan fingerprint density at radius 3 is 1.71 bits per heavy atom. The van der Waals surface area contributed by atoms with Crippen LogP contribution in [0.4, 0.5) is 0 Å². The number of likely N-dealkylation sites (N-methyl/N-ethyl adjacent to an activating group) is 1. The summed E-state index contributed by atoms with van der Waals surface area (Å²) < 4.78 is 24.6. The number of nitrogens with zero attached hydrogens (tertiary/aromatic N) is 1. The van der Waals surface area contributed by atoms with Gasteiger partial charge < -0.3 is 5.73 Å². The molecule has 0 radical (unpaired) electrons. The summed E-state index contributed by atoms with van der Waals surface area (Å²) in [4.78, 5) is 0. The van der Waals surface area contributed by atoms with E-state index in [4.69, 9.17) is 5.73 Å². The zero-order chi connectivity index (χ0) is 11.4. The van der Waals surface area contributed by atoms with Gasteiger partial charge in [-0.3, -0.25) is 0 Å². The van der Waals surface area contributed by atoms with Gasteiger partial charge in [-0.25, -0.2) is 8.42 Å². The zero-order valence-corrected chi connectivity index (χ0v) is 10.4. The molecule has 0 aliphatic carbocycles. The van der Waals surface area contributed by atoms with E-state index < -0.39 is 15.6 Å². The van der Waals surface area contributed by atoms with Crippen LogP contribution in [0.15, 0.2) is 0 Å². The summed E-state index contributed by atoms with van der Waals surface area (Å²) >= 11 is 0. The lowest BCUT2D eigenvalue weighted by atomic mass is 9.93. The maximum absolute atomic E-state index is 11.6. The van der Waals surface area contributed by atoms with Gasteiger partial charge in [0.2, 0.25) is 10.0 Å². The summed E-state index contributed by atoms with van der Waals surface area (Å²) in [5.74, 6) is 0. The van der Waals surface area contributed by atoms with E-state index >= 15 is 0 Å². The molecule has 0 amide bonds. The highest BCUT2D eigenvalue weighted by molar-refractivity contribution is 7.88. The van der Waals surface area contributed by atoms with Crippen LogP contribution in [0, 0.1) is 0 Å². The van der Waals surface area contributed by atoms with Crippen LogP contribution in [0.25, 0.3) is 0 Å². The van der Waals surface area contributed by atoms with E-state index in [0.717, 1.165) is 12.8 Å². The molecule has 0 saturated heterocycles. The predicted octanol–water partition coefficient (Wildman–Crippen LogP) is 0.785. The van der Waals surface area contributed by atoms with Crippen molar-refractivity contribution in [2.75, 3.05) is 19.3 Å². The van der Waals surface area contributed by atoms with E-state index in [1.807, 2.05) is 20.8 Å². The fourth-order valence-corrected chi connectivity index (χ4v) is 3.42. The molecule has 2 N–H and O–H groups in total. The zero-order valence-electron chi connectivity index (χ0n) is 9.58. The Hall–Kier alpha value is -0.130. The van der Waals surface area contributed by atoms with Crippen molar-refractivity contribution < 1.29 is 8.42 Å². The summed E-state index contributed by atoms with van der Waals surface area (Å²) in [6.07, 6.45) is 2.74. The van der Waals surface area contributed by atoms with Gasteiger partial charge in [-0.1, -0.05) is 20.8 Å². The molecule has 14 heavy (non-hydrogen) atoms. The summed E-state index contributed by atoms with van der Waals surface area (Å²) in [7, 11) is -3.16. The van der Waals surface area contributed by atoms with Crippen molar-refractivity contribution in [2.24, 2.45) is 5.73 Å². The first-order valence-electron chi connectivity index (χ1n) is 5.05. The van der Waals surface area contributed by atoms with E-state index in [0.29, 0.717) is 13.1 Å². The van der Waals surface area contributed by atoms with Crippen LogP contribution in [0.2, 0.25) is 0 Å². The average molecular weight is 222 g/mol. The monoisotopic (exact) mass is 222 g/mol. The molecule has 0 aliphatic rings. The molecule has 0 aromatic heterocycles. The maximum Gasteiger partial charge on any atom is 0.211 e. The third-order valence-electron chi connectivity index (χ3n) is 2.91. The van der Waals surface area contributed by atoms with Gasteiger partial charge in [-0.15, -0.1) is 0 Å². The van der Waals surface area contributed by atoms with Crippen LogP contribution in [-0.4, -0.2) is 37.6 Å². The minimum Gasteiger partial charge on any atom is -0.329 e. The van der Waals surface area contributed by atoms with Crippen molar-refractivity contribution >= 4 is 10.0 Å². The fourth-order valence-electron chi connectivity index (χ4n) is 1.91. The topological polar surface area (TPSA) is 63.4 Å². The van der Waals surface area contributed by atoms with Crippen molar-refractivity contribution in [3.05, 3.63) is 0 Å². The summed E-state index contributed by atoms with van der Waals surface area (Å²) in [6, 6.07) is 0. The normalized spacial score (nSPS) is 13.6. The average Bonchev–Trinajstić information content (AvgIpc) is 2.12. The maximum atomic E-state index is 11.6. The van der Waals surface area contributed by atoms with Crippen molar-refractivity contribution in [2.45, 2.75) is 39.2 Å². The van der Waals surface area contributed by atoms with Crippen molar-refractivity contribution in [3.8, 4) is 0 Å². The van der Waals surface area contributed by atoms with Crippen LogP contribution in [0.5, 0.6) is 0 Å². The highest BCUT2D eigenvalue weighted by Gasteiger charge is 2.36. The molecule has 0 unspecified atom stereocenters. The van der Waals surface area contributed by atoms with Gasteiger partial charge in [0.25, 0.3) is 0 Å². The standard InChI is InChI=1S/C9H22N2O2S/c1-5-9(6-2,8-10)11(7-3)14(4,12)13/h5-8,10H2,1-4H3. The lowest BCUT2D eigenvalue weighted by Gasteiger charge is -2.40. The van der Waals surface area contributed by atoms with E-state index in [1.165, 1.54) is 10.6 Å². The molecular weight excluding hydrogens is 200 g/mol. The van der Waals surface area contributed by atoms with Crippen LogP contribution in [0.1, 0.15) is 33.6 Å². The lowest BCUT2D eigenvalue weighted by molar-refractivity contribution is 0.185. The molecule has 86 valence electrons. The highest BCUT2D eigenvalue weighted by atomic mass is 32.2. The number of rotatable bonds is 6. The third-order valence-corrected chi connectivity index (χ3v) is 4.36. The fraction of sp³-hybridized carbons (Fsp3) is 1.00. The van der Waals surface area contributed by atoms with Crippen molar-refractivity contribution in [3.63, 3.8) is 0 Å². The Morgan fingerprint density at radius 1 is 1.21 bits per heavy atom. The van der Waals surface area contributed by atoms with E-state index in [9.17, 15) is 8.42 Å². The molecule has 0 aromatic rings. The Morgan fingerprint density at radius 2 is 1.64 bits per heavy atom. The lowest BCUT2D eigenvalue weighted by Crippen LogP contribution is -2.55. The number of nitrogens with two attached hydrogens (primary N) is 1. The van der Waals surface area contributed by atoms with E-state index in [2.05, 4.69) is 0 Å². The summed E-state index contributed by atoms with van der Waals surface area (Å²) in [5, 5.41) is 0. The number of hydrogen-bond acceptors (Lipinski definition) is 3. The van der Waals surface area contributed by atoms with E-state index in [-0.39, 0.29) is 0 Å². The second-order valence-electron chi connectivity index (χ2n) is 3.56. The molecule has 0 spiro atoms. The third kappa shape index (κ3) is 2.68. The van der Waals surface area contributed by atoms with Gasteiger partial charge in [0.05, 0.1) is 6.26 Å². The van der Waals surface area contributed by atoms with Crippen molar-refractivity contribution in [1.82, 2.24) is 4.31 Å². The molecule has 4 nitrogen and oxygen atoms in total. The van der Waals surface area contributed by atoms with Crippen LogP contribution in [0.3, 0.4) is 0 Å². The van der Waals surface area contributed by atoms with Gasteiger partial charge in [0, 0.05) is 18.6 Å². The Kier molecular flexibility index (Phi) is 5.05. The minimum absolute atomic E-state index is 0.376. The second-order valence-corrected chi connectivity index (χ2v) is 5.47. The minimum atomic E-state index is -3.16. The molecule has 0 bridgehead atoms. The summed E-state index contributed by atoms with van der Waals surface area (Å²) in [6.45, 7) is 6.66. The van der Waals surface area contributed by atoms with Gasteiger partial charge in [0.15, 0.2) is 0 Å². The first-order chi connectivity index (χ1) is 6.37. The molecule has 0 atom stereocenters. The molecule has 0 heterocycles. The van der Waals surface area contributed by atoms with Gasteiger partial charge in [-0.05, 0) is 12.8 Å². The molecule has 0 saturated carbocycles. The Balaban J connectivity index is 5.15. The van der Waals surface area contributed by atoms with E-state index in [1.54, 1.807) is 0 Å². The predicted molar refractivity (Wildman–Crippen MR) is 59.6 cm³/mol. The number of hydrogen-bond donors (Lipinski definition) is 1. The first kappa shape index (κ1) is 13.9. The van der Waals surface area contributed by atoms with Crippen LogP contribution < -0.4 is 5.73 Å². The second kappa shape index (κ2) is 5.09. The highest BCUT2D eigenvalue weighted by Crippen LogP contribution is 2.25. The quantitative estimate of drug-likeness (QED) is 0.722. The molecule has 0 fully saturated rings. The van der Waals surface area contributed by atoms with Crippen LogP contribution in [-0.2, 0) is 10.0 Å². The number of sulfonamides is 1. The van der Waals surface area contributed by atoms with Gasteiger partial charge >= 0.3 is 0 Å². The molecule has 0 aromatic carbocycles. The Labute approximate surface area is 87.5 Å². The molecule has 0 rings (SSSR count). The summed E-state index contributed by atoms with van der Waals surface area (Å²) in [5.41, 5.74) is 5.30. The van der Waals surface area contributed by atoms with Crippen LogP contribution >= 0.6 is 0 Å². The SMILES string of the molecule is CCN(C(CC)(CC)CN)S(C)(=O)=O. The Bertz CT molecular complexity index is 250. The largest absolute Gasteiger partial charge is 0.329 e. The molecule has 0 aliphatic heterocycles.